The monoisotopic (exact) mass is 548 g/mol. The van der Waals surface area contributed by atoms with E-state index in [2.05, 4.69) is 24.0 Å². The van der Waals surface area contributed by atoms with Crippen LogP contribution in [-0.4, -0.2) is 51.0 Å². The van der Waals surface area contributed by atoms with Crippen molar-refractivity contribution >= 4 is 62.3 Å². The topological polar surface area (TPSA) is 40.6 Å². The highest BCUT2D eigenvalue weighted by Gasteiger charge is 2.28. The van der Waals surface area contributed by atoms with E-state index in [9.17, 15) is 8.42 Å². The molecule has 0 aliphatic carbocycles. The van der Waals surface area contributed by atoms with E-state index < -0.39 is 10.0 Å². The Bertz CT molecular complexity index is 983. The molecule has 1 heterocycles. The average molecular weight is 550 g/mol. The maximum atomic E-state index is 13.4. The van der Waals surface area contributed by atoms with E-state index in [1.807, 2.05) is 25.6 Å². The zero-order chi connectivity index (χ0) is 25.0. The molecule has 0 saturated carbocycles. The predicted molar refractivity (Wildman–Crippen MR) is 147 cm³/mol. The first-order chi connectivity index (χ1) is 15.8. The summed E-state index contributed by atoms with van der Waals surface area (Å²) in [5.74, 6) is 0. The first kappa shape index (κ1) is 30.0. The predicted octanol–water partition coefficient (Wildman–Crippen LogP) is 6.95. The van der Waals surface area contributed by atoms with E-state index in [0.717, 1.165) is 19.6 Å². The molecule has 1 atom stereocenters. The third kappa shape index (κ3) is 8.58. The van der Waals surface area contributed by atoms with Crippen molar-refractivity contribution in [3.05, 3.63) is 57.5 Å². The molecule has 182 valence electrons. The van der Waals surface area contributed by atoms with Crippen LogP contribution in [0, 0.1) is 12.8 Å². The van der Waals surface area contributed by atoms with Crippen molar-refractivity contribution in [2.45, 2.75) is 36.8 Å². The highest BCUT2D eigenvalue weighted by Crippen LogP contribution is 2.33. The molecule has 1 unspecified atom stereocenters. The van der Waals surface area contributed by atoms with E-state index in [1.165, 1.54) is 22.9 Å². The molecule has 0 bridgehead atoms. The molecule has 0 spiro atoms. The van der Waals surface area contributed by atoms with Crippen molar-refractivity contribution in [2.75, 3.05) is 36.7 Å². The number of benzene rings is 2. The first-order valence-corrected chi connectivity index (χ1v) is 14.5. The number of halogens is 3. The Morgan fingerprint density at radius 3 is 2.24 bits per heavy atom. The van der Waals surface area contributed by atoms with Crippen LogP contribution in [0.15, 0.2) is 47.4 Å². The number of hydrogen-bond donors (Lipinski definition) is 0. The molecule has 2 aromatic carbocycles. The minimum atomic E-state index is -3.81. The van der Waals surface area contributed by atoms with Gasteiger partial charge in [0.15, 0.2) is 0 Å². The van der Waals surface area contributed by atoms with E-state index >= 15 is 0 Å². The molecule has 0 aromatic heterocycles. The largest absolute Gasteiger partial charge is 0.302 e. The summed E-state index contributed by atoms with van der Waals surface area (Å²) in [6, 6.07) is 11.0. The molecule has 0 amide bonds. The smallest absolute Gasteiger partial charge is 0.264 e. The third-order valence-corrected chi connectivity index (χ3v) is 8.66. The molecule has 1 aliphatic rings. The van der Waals surface area contributed by atoms with Crippen LogP contribution in [-0.2, 0) is 10.0 Å². The molecule has 1 aliphatic heterocycles. The summed E-state index contributed by atoms with van der Waals surface area (Å²) in [5.41, 5.74) is 0.387. The fraction of sp³-hybridized carbons (Fsp3) is 0.417. The fourth-order valence-electron chi connectivity index (χ4n) is 3.41. The number of terminal acetylenes is 1. The van der Waals surface area contributed by atoms with Crippen LogP contribution in [0.4, 0.5) is 5.69 Å². The minimum absolute atomic E-state index is 0.168. The van der Waals surface area contributed by atoms with Gasteiger partial charge >= 0.3 is 0 Å². The Balaban J connectivity index is 0.00000129. The van der Waals surface area contributed by atoms with E-state index in [0.29, 0.717) is 39.0 Å². The molecule has 9 heteroatoms. The van der Waals surface area contributed by atoms with Gasteiger partial charge in [-0.1, -0.05) is 48.7 Å². The maximum absolute atomic E-state index is 13.4. The Labute approximate surface area is 218 Å². The summed E-state index contributed by atoms with van der Waals surface area (Å²) in [4.78, 5) is 2.55. The van der Waals surface area contributed by atoms with Crippen molar-refractivity contribution in [3.8, 4) is 12.8 Å². The number of thioether (sulfide) groups is 1. The molecular formula is C24H31Cl3N2O2S2. The zero-order valence-electron chi connectivity index (χ0n) is 19.2. The van der Waals surface area contributed by atoms with Gasteiger partial charge in [0.2, 0.25) is 0 Å². The van der Waals surface area contributed by atoms with Crippen molar-refractivity contribution in [3.63, 3.8) is 0 Å². The quantitative estimate of drug-likeness (QED) is 0.334. The van der Waals surface area contributed by atoms with Gasteiger partial charge in [-0.05, 0) is 74.7 Å². The number of rotatable bonds is 8. The molecular weight excluding hydrogens is 519 g/mol. The number of nitrogens with zero attached hydrogens (tertiary/aromatic N) is 2. The molecule has 0 N–H and O–H groups in total. The lowest BCUT2D eigenvalue weighted by molar-refractivity contribution is 0.337. The molecule has 3 rings (SSSR count). The zero-order valence-corrected chi connectivity index (χ0v) is 23.1. The first-order valence-electron chi connectivity index (χ1n) is 10.6. The molecule has 2 aromatic rings. The Kier molecular flexibility index (Phi) is 13.6. The molecule has 1 saturated heterocycles. The Hall–Kier alpha value is -1.07. The van der Waals surface area contributed by atoms with Crippen LogP contribution >= 0.6 is 46.6 Å². The van der Waals surface area contributed by atoms with Crippen LogP contribution in [0.3, 0.4) is 0 Å². The van der Waals surface area contributed by atoms with Gasteiger partial charge in [-0.3, -0.25) is 4.31 Å². The van der Waals surface area contributed by atoms with Crippen LogP contribution < -0.4 is 4.31 Å². The standard InChI is InChI=1S/C20H23Cl3N2O2S2.C2H6.C2H2/c1-28-17-9-12-24(14-17)10-2-11-25(20-13-16(22)5-8-19(20)23)29(26,27)18-6-3-15(21)4-7-18;2*1-2/h3-8,13,17H,2,9-12,14H2,1H3;1-2H3;1-2H. The summed E-state index contributed by atoms with van der Waals surface area (Å²) in [6.45, 7) is 7.24. The number of hydrogen-bond acceptors (Lipinski definition) is 4. The van der Waals surface area contributed by atoms with Crippen LogP contribution in [0.1, 0.15) is 26.7 Å². The molecule has 0 radical (unpaired) electrons. The van der Waals surface area contributed by atoms with E-state index in [-0.39, 0.29) is 4.90 Å². The normalized spacial score (nSPS) is 15.7. The van der Waals surface area contributed by atoms with Crippen molar-refractivity contribution in [2.24, 2.45) is 0 Å². The van der Waals surface area contributed by atoms with Gasteiger partial charge in [-0.15, -0.1) is 12.8 Å². The Morgan fingerprint density at radius 2 is 1.67 bits per heavy atom. The van der Waals surface area contributed by atoms with E-state index in [1.54, 1.807) is 30.3 Å². The second-order valence-electron chi connectivity index (χ2n) is 6.93. The number of anilines is 1. The highest BCUT2D eigenvalue weighted by atomic mass is 35.5. The average Bonchev–Trinajstić information content (AvgIpc) is 3.29. The second kappa shape index (κ2) is 15.0. The van der Waals surface area contributed by atoms with Crippen molar-refractivity contribution < 1.29 is 8.42 Å². The van der Waals surface area contributed by atoms with Crippen molar-refractivity contribution in [1.29, 1.82) is 0 Å². The van der Waals surface area contributed by atoms with Crippen molar-refractivity contribution in [1.82, 2.24) is 4.90 Å². The van der Waals surface area contributed by atoms with Gasteiger partial charge in [-0.2, -0.15) is 11.8 Å². The van der Waals surface area contributed by atoms with E-state index in [4.69, 9.17) is 34.8 Å². The van der Waals surface area contributed by atoms with Gasteiger partial charge in [-0.25, -0.2) is 8.42 Å². The SMILES string of the molecule is C#C.CC.CSC1CCN(CCCN(c2cc(Cl)ccc2Cl)S(=O)(=O)c2ccc(Cl)cc2)C1. The second-order valence-corrected chi connectivity index (χ2v) is 11.2. The Morgan fingerprint density at radius 1 is 1.06 bits per heavy atom. The minimum Gasteiger partial charge on any atom is -0.302 e. The summed E-state index contributed by atoms with van der Waals surface area (Å²) in [5, 5.41) is 1.92. The lowest BCUT2D eigenvalue weighted by Crippen LogP contribution is -2.34. The fourth-order valence-corrected chi connectivity index (χ4v) is 6.19. The van der Waals surface area contributed by atoms with Crippen LogP contribution in [0.25, 0.3) is 0 Å². The summed E-state index contributed by atoms with van der Waals surface area (Å²) in [7, 11) is -3.81. The molecule has 4 nitrogen and oxygen atoms in total. The number of sulfonamides is 1. The van der Waals surface area contributed by atoms with Gasteiger partial charge in [0.05, 0.1) is 15.6 Å². The van der Waals surface area contributed by atoms with Crippen LogP contribution in [0.5, 0.6) is 0 Å². The van der Waals surface area contributed by atoms with Gasteiger partial charge in [0.25, 0.3) is 10.0 Å². The highest BCUT2D eigenvalue weighted by molar-refractivity contribution is 7.99. The lowest BCUT2D eigenvalue weighted by atomic mass is 10.3. The van der Waals surface area contributed by atoms with Gasteiger partial charge < -0.3 is 4.90 Å². The lowest BCUT2D eigenvalue weighted by Gasteiger charge is -2.27. The van der Waals surface area contributed by atoms with Gasteiger partial charge in [0, 0.05) is 28.4 Å². The number of likely N-dealkylation sites (tertiary alicyclic amines) is 1. The summed E-state index contributed by atoms with van der Waals surface area (Å²) < 4.78 is 28.1. The third-order valence-electron chi connectivity index (χ3n) is 4.98. The summed E-state index contributed by atoms with van der Waals surface area (Å²) >= 11 is 20.3. The maximum Gasteiger partial charge on any atom is 0.264 e. The van der Waals surface area contributed by atoms with Gasteiger partial charge in [0.1, 0.15) is 0 Å². The molecule has 33 heavy (non-hydrogen) atoms. The molecule has 1 fully saturated rings. The summed E-state index contributed by atoms with van der Waals surface area (Å²) in [6.07, 6.45) is 12.0. The van der Waals surface area contributed by atoms with Crippen LogP contribution in [0.2, 0.25) is 15.1 Å².